The molecule has 92 valence electrons. The van der Waals surface area contributed by atoms with Crippen molar-refractivity contribution < 1.29 is 14.3 Å². The van der Waals surface area contributed by atoms with Crippen molar-refractivity contribution in [2.75, 3.05) is 25.9 Å². The van der Waals surface area contributed by atoms with E-state index in [4.69, 9.17) is 10.5 Å². The van der Waals surface area contributed by atoms with Crippen molar-refractivity contribution in [2.24, 2.45) is 0 Å². The van der Waals surface area contributed by atoms with E-state index >= 15 is 0 Å². The second kappa shape index (κ2) is 4.95. The Morgan fingerprint density at radius 2 is 2.35 bits per heavy atom. The van der Waals surface area contributed by atoms with Gasteiger partial charge >= 0.3 is 6.09 Å². The van der Waals surface area contributed by atoms with E-state index in [9.17, 15) is 4.79 Å². The molecule has 2 rings (SSSR count). The monoisotopic (exact) mass is 236 g/mol. The highest BCUT2D eigenvalue weighted by Crippen LogP contribution is 2.20. The highest BCUT2D eigenvalue weighted by atomic mass is 16.5. The fourth-order valence-electron chi connectivity index (χ4n) is 1.90. The smallest absolute Gasteiger partial charge is 0.409 e. The Kier molecular flexibility index (Phi) is 3.37. The predicted octanol–water partition coefficient (Wildman–Crippen LogP) is 1.49. The van der Waals surface area contributed by atoms with Gasteiger partial charge in [0.2, 0.25) is 0 Å². The fraction of sp³-hybridized carbons (Fsp3) is 0.417. The molecule has 1 saturated heterocycles. The number of benzene rings is 1. The van der Waals surface area contributed by atoms with Crippen molar-refractivity contribution in [3.63, 3.8) is 0 Å². The van der Waals surface area contributed by atoms with Gasteiger partial charge in [-0.1, -0.05) is 6.07 Å². The summed E-state index contributed by atoms with van der Waals surface area (Å²) in [4.78, 5) is 12.9. The van der Waals surface area contributed by atoms with Crippen molar-refractivity contribution in [1.82, 2.24) is 4.90 Å². The average molecular weight is 236 g/mol. The molecule has 0 aromatic heterocycles. The number of carbonyl (C=O) groups is 1. The molecule has 0 saturated carbocycles. The van der Waals surface area contributed by atoms with Gasteiger partial charge < -0.3 is 20.1 Å². The summed E-state index contributed by atoms with van der Waals surface area (Å²) in [5.41, 5.74) is 6.34. The lowest BCUT2D eigenvalue weighted by molar-refractivity contribution is 0.125. The minimum Gasteiger partial charge on any atom is -0.488 e. The molecule has 1 aliphatic rings. The van der Waals surface area contributed by atoms with Crippen LogP contribution in [0.3, 0.4) is 0 Å². The lowest BCUT2D eigenvalue weighted by Crippen LogP contribution is -2.30. The predicted molar refractivity (Wildman–Crippen MR) is 63.9 cm³/mol. The number of carbonyl (C=O) groups excluding carboxylic acids is 1. The van der Waals surface area contributed by atoms with Crippen LogP contribution in [0, 0.1) is 0 Å². The third kappa shape index (κ3) is 2.81. The zero-order chi connectivity index (χ0) is 12.3. The highest BCUT2D eigenvalue weighted by molar-refractivity contribution is 5.67. The van der Waals surface area contributed by atoms with Crippen LogP contribution in [0.4, 0.5) is 10.5 Å². The van der Waals surface area contributed by atoms with E-state index < -0.39 is 0 Å². The lowest BCUT2D eigenvalue weighted by Gasteiger charge is -2.16. The van der Waals surface area contributed by atoms with Crippen molar-refractivity contribution in [3.05, 3.63) is 24.3 Å². The van der Waals surface area contributed by atoms with Crippen LogP contribution in [-0.2, 0) is 4.74 Å². The Balaban J connectivity index is 1.92. The van der Waals surface area contributed by atoms with Gasteiger partial charge in [0.25, 0.3) is 0 Å². The molecular weight excluding hydrogens is 220 g/mol. The molecule has 5 nitrogen and oxygen atoms in total. The maximum atomic E-state index is 11.3. The Morgan fingerprint density at radius 1 is 1.53 bits per heavy atom. The van der Waals surface area contributed by atoms with E-state index in [2.05, 4.69) is 4.74 Å². The first-order valence-electron chi connectivity index (χ1n) is 5.54. The van der Waals surface area contributed by atoms with E-state index in [1.807, 2.05) is 18.2 Å². The van der Waals surface area contributed by atoms with Crippen LogP contribution in [0.2, 0.25) is 0 Å². The number of amides is 1. The Morgan fingerprint density at radius 3 is 3.06 bits per heavy atom. The summed E-state index contributed by atoms with van der Waals surface area (Å²) in [6.45, 7) is 1.22. The molecule has 0 aliphatic carbocycles. The van der Waals surface area contributed by atoms with Crippen LogP contribution in [0.25, 0.3) is 0 Å². The summed E-state index contributed by atoms with van der Waals surface area (Å²) in [5.74, 6) is 0.738. The number of methoxy groups -OCH3 is 1. The van der Waals surface area contributed by atoms with Gasteiger partial charge in [0.15, 0.2) is 0 Å². The zero-order valence-electron chi connectivity index (χ0n) is 9.76. The third-order valence-corrected chi connectivity index (χ3v) is 2.74. The minimum atomic E-state index is -0.302. The summed E-state index contributed by atoms with van der Waals surface area (Å²) in [6, 6.07) is 7.29. The number of hydrogen-bond donors (Lipinski definition) is 1. The third-order valence-electron chi connectivity index (χ3n) is 2.74. The number of hydrogen-bond acceptors (Lipinski definition) is 4. The molecule has 2 N–H and O–H groups in total. The molecular formula is C12H16N2O3. The highest BCUT2D eigenvalue weighted by Gasteiger charge is 2.28. The van der Waals surface area contributed by atoms with Gasteiger partial charge in [0, 0.05) is 24.7 Å². The van der Waals surface area contributed by atoms with Crippen LogP contribution >= 0.6 is 0 Å². The van der Waals surface area contributed by atoms with E-state index in [1.54, 1.807) is 11.0 Å². The number of nitrogens with two attached hydrogens (primary N) is 1. The van der Waals surface area contributed by atoms with Gasteiger partial charge in [-0.15, -0.1) is 0 Å². The van der Waals surface area contributed by atoms with Crippen LogP contribution < -0.4 is 10.5 Å². The number of likely N-dealkylation sites (tertiary alicyclic amines) is 1. The molecule has 1 atom stereocenters. The molecule has 1 heterocycles. The number of nitrogens with zero attached hydrogens (tertiary/aromatic N) is 1. The van der Waals surface area contributed by atoms with Crippen LogP contribution in [0.1, 0.15) is 6.42 Å². The first-order valence-corrected chi connectivity index (χ1v) is 5.54. The second-order valence-corrected chi connectivity index (χ2v) is 4.02. The Bertz CT molecular complexity index is 408. The summed E-state index contributed by atoms with van der Waals surface area (Å²) in [6.07, 6.45) is 0.517. The van der Waals surface area contributed by atoms with Gasteiger partial charge in [-0.2, -0.15) is 0 Å². The molecule has 0 bridgehead atoms. The SMILES string of the molecule is COC(=O)N1CCC(Oc2cccc(N)c2)C1. The molecule has 1 unspecified atom stereocenters. The Hall–Kier alpha value is -1.91. The van der Waals surface area contributed by atoms with Crippen molar-refractivity contribution in [2.45, 2.75) is 12.5 Å². The Labute approximate surface area is 100 Å². The van der Waals surface area contributed by atoms with Gasteiger partial charge in [-0.25, -0.2) is 4.79 Å². The summed E-state index contributed by atoms with van der Waals surface area (Å²) in [7, 11) is 1.38. The summed E-state index contributed by atoms with van der Waals surface area (Å²) < 4.78 is 10.4. The van der Waals surface area contributed by atoms with Gasteiger partial charge in [0.05, 0.1) is 13.7 Å². The van der Waals surface area contributed by atoms with Crippen LogP contribution in [0.15, 0.2) is 24.3 Å². The summed E-state index contributed by atoms with van der Waals surface area (Å²) in [5, 5.41) is 0. The van der Waals surface area contributed by atoms with Crippen LogP contribution in [0.5, 0.6) is 5.75 Å². The standard InChI is InChI=1S/C12H16N2O3/c1-16-12(15)14-6-5-11(8-14)17-10-4-2-3-9(13)7-10/h2-4,7,11H,5-6,8,13H2,1H3. The molecule has 0 radical (unpaired) electrons. The lowest BCUT2D eigenvalue weighted by atomic mass is 10.3. The van der Waals surface area contributed by atoms with E-state index in [-0.39, 0.29) is 12.2 Å². The van der Waals surface area contributed by atoms with E-state index in [1.165, 1.54) is 7.11 Å². The quantitative estimate of drug-likeness (QED) is 0.790. The average Bonchev–Trinajstić information content (AvgIpc) is 2.76. The molecule has 0 spiro atoms. The van der Waals surface area contributed by atoms with E-state index in [0.29, 0.717) is 18.8 Å². The van der Waals surface area contributed by atoms with Crippen molar-refractivity contribution in [1.29, 1.82) is 0 Å². The second-order valence-electron chi connectivity index (χ2n) is 4.02. The fourth-order valence-corrected chi connectivity index (χ4v) is 1.90. The topological polar surface area (TPSA) is 64.8 Å². The molecule has 1 aliphatic heterocycles. The molecule has 5 heteroatoms. The molecule has 17 heavy (non-hydrogen) atoms. The number of nitrogen functional groups attached to an aromatic ring is 1. The van der Waals surface area contributed by atoms with Gasteiger partial charge in [-0.3, -0.25) is 0 Å². The molecule has 1 fully saturated rings. The maximum absolute atomic E-state index is 11.3. The number of rotatable bonds is 2. The minimum absolute atomic E-state index is 0.0101. The van der Waals surface area contributed by atoms with Gasteiger partial charge in [0.1, 0.15) is 11.9 Å². The van der Waals surface area contributed by atoms with Crippen molar-refractivity contribution >= 4 is 11.8 Å². The maximum Gasteiger partial charge on any atom is 0.409 e. The van der Waals surface area contributed by atoms with E-state index in [0.717, 1.165) is 12.2 Å². The normalized spacial score (nSPS) is 19.1. The summed E-state index contributed by atoms with van der Waals surface area (Å²) >= 11 is 0. The van der Waals surface area contributed by atoms with Crippen LogP contribution in [-0.4, -0.2) is 37.3 Å². The number of ether oxygens (including phenoxy) is 2. The molecule has 1 aromatic carbocycles. The first kappa shape index (κ1) is 11.6. The first-order chi connectivity index (χ1) is 8.19. The molecule has 1 aromatic rings. The number of anilines is 1. The largest absolute Gasteiger partial charge is 0.488 e. The zero-order valence-corrected chi connectivity index (χ0v) is 9.76. The van der Waals surface area contributed by atoms with Gasteiger partial charge in [-0.05, 0) is 12.1 Å². The van der Waals surface area contributed by atoms with Crippen molar-refractivity contribution in [3.8, 4) is 5.75 Å². The molecule has 1 amide bonds.